The molecule has 0 saturated carbocycles. The molecule has 0 fully saturated rings. The SMILES string of the molecule is C[C@H]1Cc2ccccc2N1C(=S)Oc1ccc2nc(-c3ccccc3)c(-c3ccccc3)nc2c1. The third kappa shape index (κ3) is 4.04. The zero-order valence-electron chi connectivity index (χ0n) is 19.3. The standard InChI is InChI=1S/C30H23N3OS/c1-20-18-23-14-8-9-15-27(23)33(20)30(35)34-24-16-17-25-26(19-24)32-29(22-12-6-3-7-13-22)28(31-25)21-10-4-2-5-11-21/h2-17,19-20H,18H2,1H3/t20-/m0/s1. The van der Waals surface area contributed by atoms with E-state index in [2.05, 4.69) is 54.3 Å². The first-order chi connectivity index (χ1) is 17.2. The Labute approximate surface area is 209 Å². The quantitative estimate of drug-likeness (QED) is 0.262. The molecule has 0 N–H and O–H groups in total. The molecule has 35 heavy (non-hydrogen) atoms. The third-order valence-corrected chi connectivity index (χ3v) is 6.62. The predicted molar refractivity (Wildman–Crippen MR) is 146 cm³/mol. The number of hydrogen-bond donors (Lipinski definition) is 0. The summed E-state index contributed by atoms with van der Waals surface area (Å²) in [5.41, 5.74) is 7.72. The van der Waals surface area contributed by atoms with Crippen LogP contribution in [0.15, 0.2) is 103 Å². The van der Waals surface area contributed by atoms with Gasteiger partial charge in [0, 0.05) is 28.9 Å². The third-order valence-electron chi connectivity index (χ3n) is 6.34. The Balaban J connectivity index is 1.39. The zero-order valence-corrected chi connectivity index (χ0v) is 20.1. The minimum atomic E-state index is 0.248. The summed E-state index contributed by atoms with van der Waals surface area (Å²) in [5, 5.41) is 0.443. The molecule has 0 bridgehead atoms. The molecule has 1 aromatic heterocycles. The van der Waals surface area contributed by atoms with Crippen LogP contribution >= 0.6 is 12.2 Å². The number of thiocarbonyl (C=S) groups is 1. The second-order valence-electron chi connectivity index (χ2n) is 8.72. The summed E-state index contributed by atoms with van der Waals surface area (Å²) in [6.07, 6.45) is 0.950. The number of fused-ring (bicyclic) bond motifs is 2. The van der Waals surface area contributed by atoms with E-state index in [4.69, 9.17) is 26.9 Å². The van der Waals surface area contributed by atoms with Crippen molar-refractivity contribution >= 4 is 34.1 Å². The molecular weight excluding hydrogens is 450 g/mol. The number of aromatic nitrogens is 2. The van der Waals surface area contributed by atoms with Crippen LogP contribution in [0, 0.1) is 0 Å². The van der Waals surface area contributed by atoms with E-state index in [1.54, 1.807) is 0 Å². The maximum absolute atomic E-state index is 6.18. The minimum absolute atomic E-state index is 0.248. The van der Waals surface area contributed by atoms with E-state index in [-0.39, 0.29) is 6.04 Å². The Bertz CT molecular complexity index is 1540. The van der Waals surface area contributed by atoms with Crippen LogP contribution in [0.2, 0.25) is 0 Å². The Morgan fingerprint density at radius 3 is 2.06 bits per heavy atom. The first-order valence-electron chi connectivity index (χ1n) is 11.7. The number of ether oxygens (including phenoxy) is 1. The molecule has 0 spiro atoms. The van der Waals surface area contributed by atoms with Gasteiger partial charge in [0.15, 0.2) is 0 Å². The van der Waals surface area contributed by atoms with Crippen LogP contribution in [0.4, 0.5) is 5.69 Å². The van der Waals surface area contributed by atoms with Crippen LogP contribution in [0.3, 0.4) is 0 Å². The summed E-state index contributed by atoms with van der Waals surface area (Å²) in [6.45, 7) is 2.17. The molecule has 4 nitrogen and oxygen atoms in total. The van der Waals surface area contributed by atoms with Crippen molar-refractivity contribution in [2.45, 2.75) is 19.4 Å². The molecule has 170 valence electrons. The molecular formula is C30H23N3OS. The van der Waals surface area contributed by atoms with Crippen LogP contribution in [0.1, 0.15) is 12.5 Å². The Kier molecular flexibility index (Phi) is 5.47. The molecule has 0 amide bonds. The van der Waals surface area contributed by atoms with Gasteiger partial charge < -0.3 is 4.74 Å². The first-order valence-corrected chi connectivity index (χ1v) is 12.1. The van der Waals surface area contributed by atoms with E-state index in [0.29, 0.717) is 10.9 Å². The summed E-state index contributed by atoms with van der Waals surface area (Å²) in [5.74, 6) is 0.653. The summed E-state index contributed by atoms with van der Waals surface area (Å²) in [6, 6.07) is 34.7. The molecule has 2 heterocycles. The lowest BCUT2D eigenvalue weighted by molar-refractivity contribution is 0.539. The summed E-state index contributed by atoms with van der Waals surface area (Å²) < 4.78 is 6.18. The molecule has 6 rings (SSSR count). The van der Waals surface area contributed by atoms with Gasteiger partial charge in [0.05, 0.1) is 22.4 Å². The summed E-state index contributed by atoms with van der Waals surface area (Å²) in [7, 11) is 0. The first kappa shape index (κ1) is 21.4. The van der Waals surface area contributed by atoms with E-state index in [1.807, 2.05) is 60.7 Å². The highest BCUT2D eigenvalue weighted by atomic mass is 32.1. The van der Waals surface area contributed by atoms with Gasteiger partial charge in [-0.3, -0.25) is 4.90 Å². The molecule has 5 heteroatoms. The normalized spacial score (nSPS) is 14.7. The number of rotatable bonds is 3. The predicted octanol–water partition coefficient (Wildman–Crippen LogP) is 7.08. The van der Waals surface area contributed by atoms with Gasteiger partial charge in [-0.1, -0.05) is 78.9 Å². The van der Waals surface area contributed by atoms with Gasteiger partial charge in [-0.25, -0.2) is 9.97 Å². The van der Waals surface area contributed by atoms with Gasteiger partial charge in [-0.2, -0.15) is 0 Å². The number of nitrogens with zero attached hydrogens (tertiary/aromatic N) is 3. The van der Waals surface area contributed by atoms with Crippen molar-refractivity contribution in [3.8, 4) is 28.3 Å². The van der Waals surface area contributed by atoms with Crippen LogP contribution < -0.4 is 9.64 Å². The Hall–Kier alpha value is -4.09. The van der Waals surface area contributed by atoms with Crippen LogP contribution in [-0.2, 0) is 6.42 Å². The van der Waals surface area contributed by atoms with E-state index in [1.165, 1.54) is 5.56 Å². The average molecular weight is 474 g/mol. The molecule has 4 aromatic carbocycles. The molecule has 5 aromatic rings. The number of hydrogen-bond acceptors (Lipinski definition) is 4. The molecule has 0 saturated heterocycles. The van der Waals surface area contributed by atoms with Crippen molar-refractivity contribution < 1.29 is 4.74 Å². The average Bonchev–Trinajstić information content (AvgIpc) is 3.24. The van der Waals surface area contributed by atoms with Crippen LogP contribution in [0.25, 0.3) is 33.5 Å². The van der Waals surface area contributed by atoms with E-state index >= 15 is 0 Å². The van der Waals surface area contributed by atoms with Crippen molar-refractivity contribution in [1.29, 1.82) is 0 Å². The molecule has 0 aliphatic carbocycles. The monoisotopic (exact) mass is 473 g/mol. The van der Waals surface area contributed by atoms with Crippen LogP contribution in [-0.4, -0.2) is 21.2 Å². The van der Waals surface area contributed by atoms with Gasteiger partial charge in [0.1, 0.15) is 5.75 Å². The van der Waals surface area contributed by atoms with E-state index in [9.17, 15) is 0 Å². The highest BCUT2D eigenvalue weighted by Gasteiger charge is 2.29. The van der Waals surface area contributed by atoms with E-state index in [0.717, 1.165) is 45.7 Å². The van der Waals surface area contributed by atoms with E-state index < -0.39 is 0 Å². The lowest BCUT2D eigenvalue weighted by atomic mass is 10.0. The molecule has 1 aliphatic heterocycles. The largest absolute Gasteiger partial charge is 0.431 e. The van der Waals surface area contributed by atoms with Gasteiger partial charge in [-0.15, -0.1) is 0 Å². The molecule has 0 radical (unpaired) electrons. The van der Waals surface area contributed by atoms with Crippen molar-refractivity contribution in [2.24, 2.45) is 0 Å². The van der Waals surface area contributed by atoms with Gasteiger partial charge >= 0.3 is 0 Å². The zero-order chi connectivity index (χ0) is 23.8. The van der Waals surface area contributed by atoms with Crippen molar-refractivity contribution in [3.05, 3.63) is 109 Å². The smallest absolute Gasteiger partial charge is 0.269 e. The van der Waals surface area contributed by atoms with Crippen molar-refractivity contribution in [3.63, 3.8) is 0 Å². The number of benzene rings is 4. The Morgan fingerprint density at radius 1 is 0.771 bits per heavy atom. The molecule has 1 atom stereocenters. The molecule has 0 unspecified atom stereocenters. The van der Waals surface area contributed by atoms with Crippen LogP contribution in [0.5, 0.6) is 5.75 Å². The maximum atomic E-state index is 6.18. The number of para-hydroxylation sites is 1. The van der Waals surface area contributed by atoms with Crippen molar-refractivity contribution in [1.82, 2.24) is 9.97 Å². The minimum Gasteiger partial charge on any atom is -0.431 e. The fraction of sp³-hybridized carbons (Fsp3) is 0.100. The lowest BCUT2D eigenvalue weighted by Gasteiger charge is -2.24. The maximum Gasteiger partial charge on any atom is 0.269 e. The lowest BCUT2D eigenvalue weighted by Crippen LogP contribution is -2.37. The molecule has 1 aliphatic rings. The highest BCUT2D eigenvalue weighted by Crippen LogP contribution is 2.34. The fourth-order valence-electron chi connectivity index (χ4n) is 4.69. The topological polar surface area (TPSA) is 38.2 Å². The summed E-state index contributed by atoms with van der Waals surface area (Å²) >= 11 is 5.73. The fourth-order valence-corrected chi connectivity index (χ4v) is 5.06. The van der Waals surface area contributed by atoms with Gasteiger partial charge in [0.2, 0.25) is 0 Å². The van der Waals surface area contributed by atoms with Crippen molar-refractivity contribution in [2.75, 3.05) is 4.90 Å². The van der Waals surface area contributed by atoms with Gasteiger partial charge in [-0.05, 0) is 49.3 Å². The Morgan fingerprint density at radius 2 is 1.37 bits per heavy atom. The highest BCUT2D eigenvalue weighted by molar-refractivity contribution is 7.80. The second-order valence-corrected chi connectivity index (χ2v) is 9.07. The number of anilines is 1. The summed E-state index contributed by atoms with van der Waals surface area (Å²) in [4.78, 5) is 12.1. The second kappa shape index (κ2) is 8.93. The van der Waals surface area contributed by atoms with Gasteiger partial charge in [0.25, 0.3) is 5.17 Å².